The molecular weight excluding hydrogens is 428 g/mol. The molecular formula is C28H28N2S2. The highest BCUT2D eigenvalue weighted by atomic mass is 32.1. The summed E-state index contributed by atoms with van der Waals surface area (Å²) in [5.74, 6) is 0. The molecule has 3 aromatic heterocycles. The minimum atomic E-state index is 1.17. The number of aryl methyl sites for hydroxylation is 2. The summed E-state index contributed by atoms with van der Waals surface area (Å²) in [5, 5.41) is 0. The van der Waals surface area contributed by atoms with Crippen molar-refractivity contribution in [3.05, 3.63) is 81.8 Å². The molecule has 0 aliphatic heterocycles. The molecule has 0 fully saturated rings. The van der Waals surface area contributed by atoms with Crippen LogP contribution >= 0.6 is 22.7 Å². The van der Waals surface area contributed by atoms with E-state index < -0.39 is 0 Å². The molecule has 1 aromatic carbocycles. The first kappa shape index (κ1) is 21.2. The van der Waals surface area contributed by atoms with Gasteiger partial charge in [0, 0.05) is 51.7 Å². The monoisotopic (exact) mass is 456 g/mol. The van der Waals surface area contributed by atoms with E-state index >= 15 is 0 Å². The highest BCUT2D eigenvalue weighted by Gasteiger charge is 2.23. The van der Waals surface area contributed by atoms with Gasteiger partial charge in [-0.2, -0.15) is 0 Å². The van der Waals surface area contributed by atoms with Gasteiger partial charge in [0.05, 0.1) is 0 Å². The lowest BCUT2D eigenvalue weighted by atomic mass is 9.97. The summed E-state index contributed by atoms with van der Waals surface area (Å²) >= 11 is 3.82. The maximum atomic E-state index is 4.17. The van der Waals surface area contributed by atoms with E-state index in [-0.39, 0.29) is 0 Å². The molecule has 32 heavy (non-hydrogen) atoms. The lowest BCUT2D eigenvalue weighted by molar-refractivity contribution is 0.941. The van der Waals surface area contributed by atoms with E-state index in [0.29, 0.717) is 0 Å². The van der Waals surface area contributed by atoms with E-state index in [1.807, 2.05) is 35.1 Å². The molecule has 0 saturated carbocycles. The van der Waals surface area contributed by atoms with E-state index in [1.54, 1.807) is 11.1 Å². The topological polar surface area (TPSA) is 16.1 Å². The van der Waals surface area contributed by atoms with Gasteiger partial charge < -0.3 is 4.90 Å². The number of aromatic nitrogens is 1. The SMILES string of the molecule is Cc1sc(-c2ccncc2)cc1C1=C(c2cc(-c3ccc(N(C)C)cc3)sc2C)CCC1. The summed E-state index contributed by atoms with van der Waals surface area (Å²) in [7, 11) is 4.17. The average molecular weight is 457 g/mol. The summed E-state index contributed by atoms with van der Waals surface area (Å²) in [6, 6.07) is 18.0. The van der Waals surface area contributed by atoms with Crippen molar-refractivity contribution >= 4 is 39.5 Å². The zero-order valence-electron chi connectivity index (χ0n) is 19.1. The van der Waals surface area contributed by atoms with Crippen molar-refractivity contribution in [3.8, 4) is 20.9 Å². The van der Waals surface area contributed by atoms with Gasteiger partial charge in [-0.15, -0.1) is 22.7 Å². The number of hydrogen-bond donors (Lipinski definition) is 0. The predicted molar refractivity (Wildman–Crippen MR) is 142 cm³/mol. The van der Waals surface area contributed by atoms with E-state index in [4.69, 9.17) is 0 Å². The fourth-order valence-corrected chi connectivity index (χ4v) is 6.73. The van der Waals surface area contributed by atoms with Crippen molar-refractivity contribution in [2.45, 2.75) is 33.1 Å². The molecule has 2 nitrogen and oxygen atoms in total. The molecule has 0 bridgehead atoms. The third-order valence-electron chi connectivity index (χ3n) is 6.34. The quantitative estimate of drug-likeness (QED) is 0.300. The number of anilines is 1. The van der Waals surface area contributed by atoms with Crippen LogP contribution < -0.4 is 4.90 Å². The lowest BCUT2D eigenvalue weighted by Crippen LogP contribution is -2.07. The number of rotatable bonds is 5. The third kappa shape index (κ3) is 3.94. The van der Waals surface area contributed by atoms with Crippen molar-refractivity contribution in [3.63, 3.8) is 0 Å². The van der Waals surface area contributed by atoms with Crippen LogP contribution in [0, 0.1) is 13.8 Å². The Morgan fingerprint density at radius 2 is 1.22 bits per heavy atom. The van der Waals surface area contributed by atoms with E-state index in [0.717, 1.165) is 0 Å². The molecule has 0 saturated heterocycles. The number of thiophene rings is 2. The molecule has 0 N–H and O–H groups in total. The van der Waals surface area contributed by atoms with Crippen LogP contribution in [0.1, 0.15) is 40.1 Å². The van der Waals surface area contributed by atoms with Gasteiger partial charge in [-0.1, -0.05) is 12.1 Å². The second-order valence-corrected chi connectivity index (χ2v) is 11.2. The Bertz CT molecular complexity index is 1270. The molecule has 1 aliphatic rings. The second kappa shape index (κ2) is 8.68. The smallest absolute Gasteiger partial charge is 0.0361 e. The lowest BCUT2D eigenvalue weighted by Gasteiger charge is -2.12. The first-order valence-electron chi connectivity index (χ1n) is 11.1. The number of allylic oxidation sites excluding steroid dienone is 2. The molecule has 4 heteroatoms. The number of hydrogen-bond acceptors (Lipinski definition) is 4. The first-order valence-corrected chi connectivity index (χ1v) is 12.8. The Hall–Kier alpha value is -2.69. The van der Waals surface area contributed by atoms with E-state index in [9.17, 15) is 0 Å². The van der Waals surface area contributed by atoms with Crippen molar-refractivity contribution in [2.75, 3.05) is 19.0 Å². The highest BCUT2D eigenvalue weighted by Crippen LogP contribution is 2.47. The van der Waals surface area contributed by atoms with Crippen LogP contribution in [0.2, 0.25) is 0 Å². The highest BCUT2D eigenvalue weighted by molar-refractivity contribution is 7.16. The van der Waals surface area contributed by atoms with Gasteiger partial charge in [0.15, 0.2) is 0 Å². The fraction of sp³-hybridized carbons (Fsp3) is 0.250. The van der Waals surface area contributed by atoms with E-state index in [2.05, 4.69) is 86.4 Å². The number of benzene rings is 1. The summed E-state index contributed by atoms with van der Waals surface area (Å²) in [6.45, 7) is 4.55. The van der Waals surface area contributed by atoms with Crippen LogP contribution in [0.5, 0.6) is 0 Å². The third-order valence-corrected chi connectivity index (χ3v) is 8.54. The van der Waals surface area contributed by atoms with Gasteiger partial charge in [0.2, 0.25) is 0 Å². The van der Waals surface area contributed by atoms with Crippen molar-refractivity contribution in [2.24, 2.45) is 0 Å². The van der Waals surface area contributed by atoms with Gasteiger partial charge in [0.1, 0.15) is 0 Å². The Kier molecular flexibility index (Phi) is 5.75. The Morgan fingerprint density at radius 1 is 0.719 bits per heavy atom. The van der Waals surface area contributed by atoms with Crippen molar-refractivity contribution < 1.29 is 0 Å². The minimum absolute atomic E-state index is 1.17. The van der Waals surface area contributed by atoms with Gasteiger partial charge in [-0.3, -0.25) is 4.98 Å². The fourth-order valence-electron chi connectivity index (χ4n) is 4.63. The molecule has 3 heterocycles. The molecule has 4 aromatic rings. The molecule has 0 radical (unpaired) electrons. The maximum Gasteiger partial charge on any atom is 0.0361 e. The zero-order valence-corrected chi connectivity index (χ0v) is 20.7. The molecule has 1 aliphatic carbocycles. The number of pyridine rings is 1. The van der Waals surface area contributed by atoms with Gasteiger partial charge in [0.25, 0.3) is 0 Å². The Balaban J connectivity index is 1.53. The van der Waals surface area contributed by atoms with Crippen LogP contribution in [0.25, 0.3) is 32.0 Å². The average Bonchev–Trinajstić information content (AvgIpc) is 3.52. The van der Waals surface area contributed by atoms with Crippen LogP contribution in [0.3, 0.4) is 0 Å². The standard InChI is InChI=1S/C28H28N2S2/c1-18-25(16-27(31-18)20-8-10-22(11-9-20)30(3)4)23-6-5-7-24(23)26-17-28(32-19(26)2)21-12-14-29-15-13-21/h8-17H,5-7H2,1-4H3. The van der Waals surface area contributed by atoms with Crippen LogP contribution in [-0.4, -0.2) is 19.1 Å². The zero-order chi connectivity index (χ0) is 22.2. The van der Waals surface area contributed by atoms with Crippen LogP contribution in [-0.2, 0) is 0 Å². The molecule has 0 unspecified atom stereocenters. The maximum absolute atomic E-state index is 4.17. The van der Waals surface area contributed by atoms with Crippen molar-refractivity contribution in [1.82, 2.24) is 4.98 Å². The summed E-state index contributed by atoms with van der Waals surface area (Å²) in [4.78, 5) is 11.9. The summed E-state index contributed by atoms with van der Waals surface area (Å²) in [5.41, 5.74) is 9.80. The largest absolute Gasteiger partial charge is 0.378 e. The molecule has 5 rings (SSSR count). The summed E-state index contributed by atoms with van der Waals surface area (Å²) < 4.78 is 0. The molecule has 0 amide bonds. The second-order valence-electron chi connectivity index (χ2n) is 8.65. The van der Waals surface area contributed by atoms with Gasteiger partial charge in [-0.05, 0) is 103 Å². The number of nitrogens with zero attached hydrogens (tertiary/aromatic N) is 2. The molecule has 0 spiro atoms. The van der Waals surface area contributed by atoms with Crippen LogP contribution in [0.4, 0.5) is 5.69 Å². The normalized spacial score (nSPS) is 13.8. The van der Waals surface area contributed by atoms with Crippen LogP contribution in [0.15, 0.2) is 60.9 Å². The first-order chi connectivity index (χ1) is 15.5. The van der Waals surface area contributed by atoms with Crippen molar-refractivity contribution in [1.29, 1.82) is 0 Å². The molecule has 0 atom stereocenters. The Labute approximate surface area is 198 Å². The van der Waals surface area contributed by atoms with Gasteiger partial charge >= 0.3 is 0 Å². The van der Waals surface area contributed by atoms with E-state index in [1.165, 1.54) is 66.7 Å². The minimum Gasteiger partial charge on any atom is -0.378 e. The predicted octanol–water partition coefficient (Wildman–Crippen LogP) is 8.32. The molecule has 162 valence electrons. The summed E-state index contributed by atoms with van der Waals surface area (Å²) in [6.07, 6.45) is 7.35. The Morgan fingerprint density at radius 3 is 1.72 bits per heavy atom. The van der Waals surface area contributed by atoms with Gasteiger partial charge in [-0.25, -0.2) is 0 Å².